The summed E-state index contributed by atoms with van der Waals surface area (Å²) in [6, 6.07) is 20.1. The lowest BCUT2D eigenvalue weighted by atomic mass is 10.1. The van der Waals surface area contributed by atoms with Crippen molar-refractivity contribution < 1.29 is 9.72 Å². The van der Waals surface area contributed by atoms with Gasteiger partial charge in [0.1, 0.15) is 17.9 Å². The van der Waals surface area contributed by atoms with Crippen LogP contribution in [0.4, 0.5) is 5.69 Å². The summed E-state index contributed by atoms with van der Waals surface area (Å²) in [6.07, 6.45) is 1.50. The van der Waals surface area contributed by atoms with Gasteiger partial charge in [-0.05, 0) is 37.8 Å². The summed E-state index contributed by atoms with van der Waals surface area (Å²) in [5.41, 5.74) is 3.03. The van der Waals surface area contributed by atoms with Crippen molar-refractivity contribution in [2.24, 2.45) is 0 Å². The first-order chi connectivity index (χ1) is 14.5. The molecule has 0 saturated carbocycles. The fourth-order valence-corrected chi connectivity index (χ4v) is 3.51. The van der Waals surface area contributed by atoms with Crippen LogP contribution in [0, 0.1) is 24.0 Å². The zero-order chi connectivity index (χ0) is 21.5. The van der Waals surface area contributed by atoms with E-state index in [1.807, 2.05) is 65.6 Å². The van der Waals surface area contributed by atoms with Crippen molar-refractivity contribution in [3.63, 3.8) is 0 Å². The van der Waals surface area contributed by atoms with Gasteiger partial charge >= 0.3 is 5.69 Å². The molecular weight excluding hydrogens is 380 g/mol. The van der Waals surface area contributed by atoms with Gasteiger partial charge in [0, 0.05) is 13.1 Å². The summed E-state index contributed by atoms with van der Waals surface area (Å²) in [4.78, 5) is 25.7. The Hall–Kier alpha value is -3.48. The number of nitrogens with zero attached hydrogens (tertiary/aromatic N) is 4. The molecule has 1 aromatic heterocycles. The Morgan fingerprint density at radius 2 is 1.47 bits per heavy atom. The lowest BCUT2D eigenvalue weighted by Gasteiger charge is -2.23. The van der Waals surface area contributed by atoms with Crippen molar-refractivity contribution >= 4 is 11.6 Å². The highest BCUT2D eigenvalue weighted by Crippen LogP contribution is 2.21. The maximum atomic E-state index is 13.1. The summed E-state index contributed by atoms with van der Waals surface area (Å²) >= 11 is 0. The third kappa shape index (κ3) is 5.31. The molecule has 3 aromatic rings. The molecule has 0 aliphatic rings. The Morgan fingerprint density at radius 3 is 1.90 bits per heavy atom. The number of nitro groups is 1. The molecule has 7 nitrogen and oxygen atoms in total. The number of amides is 1. The summed E-state index contributed by atoms with van der Waals surface area (Å²) in [7, 11) is 0. The van der Waals surface area contributed by atoms with E-state index >= 15 is 0 Å². The van der Waals surface area contributed by atoms with Crippen molar-refractivity contribution in [3.05, 3.63) is 93.3 Å². The molecule has 0 aliphatic carbocycles. The highest BCUT2D eigenvalue weighted by molar-refractivity contribution is 5.76. The number of hydrogen-bond donors (Lipinski definition) is 0. The van der Waals surface area contributed by atoms with E-state index in [-0.39, 0.29) is 18.1 Å². The number of carbonyl (C=O) groups excluding carboxylic acids is 1. The van der Waals surface area contributed by atoms with Gasteiger partial charge in [0.2, 0.25) is 5.91 Å². The third-order valence-electron chi connectivity index (χ3n) is 5.19. The molecule has 156 valence electrons. The van der Waals surface area contributed by atoms with Crippen LogP contribution < -0.4 is 0 Å². The topological polar surface area (TPSA) is 81.3 Å². The summed E-state index contributed by atoms with van der Waals surface area (Å²) < 4.78 is 1.44. The van der Waals surface area contributed by atoms with Crippen molar-refractivity contribution in [2.75, 3.05) is 13.1 Å². The van der Waals surface area contributed by atoms with E-state index in [1.54, 1.807) is 13.8 Å². The van der Waals surface area contributed by atoms with Gasteiger partial charge in [0.15, 0.2) is 0 Å². The highest BCUT2D eigenvalue weighted by atomic mass is 16.6. The normalized spacial score (nSPS) is 10.7. The third-order valence-corrected chi connectivity index (χ3v) is 5.19. The second kappa shape index (κ2) is 9.82. The lowest BCUT2D eigenvalue weighted by Crippen LogP contribution is -2.37. The van der Waals surface area contributed by atoms with Gasteiger partial charge in [-0.1, -0.05) is 60.7 Å². The van der Waals surface area contributed by atoms with Crippen LogP contribution in [0.1, 0.15) is 22.5 Å². The van der Waals surface area contributed by atoms with Crippen molar-refractivity contribution in [2.45, 2.75) is 33.2 Å². The van der Waals surface area contributed by atoms with E-state index in [2.05, 4.69) is 5.10 Å². The highest BCUT2D eigenvalue weighted by Gasteiger charge is 2.24. The number of aryl methyl sites for hydroxylation is 1. The SMILES string of the molecule is Cc1nn(CC(=O)N(CCc2ccccc2)CCc2ccccc2)c(C)c1[N+](=O)[O-]. The molecule has 1 amide bonds. The van der Waals surface area contributed by atoms with Gasteiger partial charge < -0.3 is 4.90 Å². The maximum absolute atomic E-state index is 13.1. The van der Waals surface area contributed by atoms with Crippen LogP contribution in [0.5, 0.6) is 0 Å². The molecule has 0 spiro atoms. The van der Waals surface area contributed by atoms with E-state index in [0.717, 1.165) is 24.0 Å². The first kappa shape index (κ1) is 21.2. The first-order valence-corrected chi connectivity index (χ1v) is 9.99. The molecular formula is C23H26N4O3. The van der Waals surface area contributed by atoms with E-state index < -0.39 is 4.92 Å². The standard InChI is InChI=1S/C23H26N4O3/c1-18-23(27(29)30)19(2)26(24-18)17-22(28)25(15-13-20-9-5-3-6-10-20)16-14-21-11-7-4-8-12-21/h3-12H,13-17H2,1-2H3. The minimum Gasteiger partial charge on any atom is -0.340 e. The monoisotopic (exact) mass is 406 g/mol. The number of benzene rings is 2. The van der Waals surface area contributed by atoms with Crippen molar-refractivity contribution in [1.29, 1.82) is 0 Å². The Labute approximate surface area is 176 Å². The zero-order valence-electron chi connectivity index (χ0n) is 17.3. The first-order valence-electron chi connectivity index (χ1n) is 9.99. The van der Waals surface area contributed by atoms with Crippen LogP contribution in [0.2, 0.25) is 0 Å². The van der Waals surface area contributed by atoms with E-state index in [4.69, 9.17) is 0 Å². The molecule has 0 unspecified atom stereocenters. The second-order valence-corrected chi connectivity index (χ2v) is 7.29. The van der Waals surface area contributed by atoms with Gasteiger partial charge in [0.05, 0.1) is 4.92 Å². The Kier molecular flexibility index (Phi) is 6.95. The van der Waals surface area contributed by atoms with E-state index in [0.29, 0.717) is 24.5 Å². The average Bonchev–Trinajstić information content (AvgIpc) is 3.02. The van der Waals surface area contributed by atoms with Crippen LogP contribution in [0.25, 0.3) is 0 Å². The number of aromatic nitrogens is 2. The molecule has 0 aliphatic heterocycles. The minimum absolute atomic E-state index is 0.00983. The molecule has 2 aromatic carbocycles. The lowest BCUT2D eigenvalue weighted by molar-refractivity contribution is -0.386. The van der Waals surface area contributed by atoms with Gasteiger partial charge in [0.25, 0.3) is 0 Å². The second-order valence-electron chi connectivity index (χ2n) is 7.29. The quantitative estimate of drug-likeness (QED) is 0.401. The van der Waals surface area contributed by atoms with Crippen LogP contribution in [0.3, 0.4) is 0 Å². The smallest absolute Gasteiger partial charge is 0.312 e. The van der Waals surface area contributed by atoms with E-state index in [1.165, 1.54) is 4.68 Å². The molecule has 7 heteroatoms. The van der Waals surface area contributed by atoms with Crippen LogP contribution in [-0.4, -0.2) is 38.6 Å². The summed E-state index contributed by atoms with van der Waals surface area (Å²) in [5, 5.41) is 15.5. The van der Waals surface area contributed by atoms with Gasteiger partial charge in [-0.15, -0.1) is 0 Å². The predicted octanol–water partition coefficient (Wildman–Crippen LogP) is 3.72. The molecule has 0 bridgehead atoms. The zero-order valence-corrected chi connectivity index (χ0v) is 17.3. The predicted molar refractivity (Wildman–Crippen MR) is 115 cm³/mol. The molecule has 0 N–H and O–H groups in total. The van der Waals surface area contributed by atoms with Gasteiger partial charge in [-0.25, -0.2) is 0 Å². The Bertz CT molecular complexity index is 957. The Morgan fingerprint density at radius 1 is 0.967 bits per heavy atom. The van der Waals surface area contributed by atoms with Crippen molar-refractivity contribution in [3.8, 4) is 0 Å². The molecule has 0 radical (unpaired) electrons. The molecule has 0 saturated heterocycles. The van der Waals surface area contributed by atoms with Crippen LogP contribution in [0.15, 0.2) is 60.7 Å². The van der Waals surface area contributed by atoms with Crippen LogP contribution >= 0.6 is 0 Å². The molecule has 30 heavy (non-hydrogen) atoms. The summed E-state index contributed by atoms with van der Waals surface area (Å²) in [6.45, 7) is 4.37. The molecule has 3 rings (SSSR count). The number of hydrogen-bond acceptors (Lipinski definition) is 4. The molecule has 0 atom stereocenters. The fourth-order valence-electron chi connectivity index (χ4n) is 3.51. The number of rotatable bonds is 9. The number of carbonyl (C=O) groups is 1. The summed E-state index contributed by atoms with van der Waals surface area (Å²) in [5.74, 6) is -0.0950. The Balaban J connectivity index is 1.73. The van der Waals surface area contributed by atoms with Crippen LogP contribution in [-0.2, 0) is 24.2 Å². The minimum atomic E-state index is -0.443. The van der Waals surface area contributed by atoms with E-state index in [9.17, 15) is 14.9 Å². The fraction of sp³-hybridized carbons (Fsp3) is 0.304. The average molecular weight is 406 g/mol. The largest absolute Gasteiger partial charge is 0.340 e. The maximum Gasteiger partial charge on any atom is 0.312 e. The van der Waals surface area contributed by atoms with Gasteiger partial charge in [-0.2, -0.15) is 5.10 Å². The van der Waals surface area contributed by atoms with Crippen molar-refractivity contribution in [1.82, 2.24) is 14.7 Å². The molecule has 0 fully saturated rings. The molecule has 1 heterocycles. The van der Waals surface area contributed by atoms with Gasteiger partial charge in [-0.3, -0.25) is 19.6 Å².